The first kappa shape index (κ1) is 16.1. The molecule has 0 aliphatic heterocycles. The Morgan fingerprint density at radius 3 is 3.08 bits per heavy atom. The molecule has 4 heteroatoms. The quantitative estimate of drug-likeness (QED) is 0.910. The second kappa shape index (κ2) is 6.87. The van der Waals surface area contributed by atoms with Crippen LogP contribution in [0, 0.1) is 5.92 Å². The van der Waals surface area contributed by atoms with Crippen molar-refractivity contribution >= 4 is 5.91 Å². The maximum absolute atomic E-state index is 12.5. The first-order valence-corrected chi connectivity index (χ1v) is 9.10. The minimum Gasteiger partial charge on any atom is -0.497 e. The topological polar surface area (TPSA) is 51.2 Å². The molecule has 0 bridgehead atoms. The molecule has 3 atom stereocenters. The zero-order valence-corrected chi connectivity index (χ0v) is 14.6. The zero-order valence-electron chi connectivity index (χ0n) is 14.6. The predicted octanol–water partition coefficient (Wildman–Crippen LogP) is 3.43. The number of methoxy groups -OCH3 is 1. The molecule has 1 heterocycles. The summed E-state index contributed by atoms with van der Waals surface area (Å²) >= 11 is 0. The second-order valence-corrected chi connectivity index (χ2v) is 7.13. The zero-order chi connectivity index (χ0) is 17.2. The van der Waals surface area contributed by atoms with Crippen molar-refractivity contribution < 1.29 is 9.53 Å². The van der Waals surface area contributed by atoms with Crippen LogP contribution in [0.15, 0.2) is 42.7 Å². The van der Waals surface area contributed by atoms with Gasteiger partial charge in [-0.05, 0) is 66.5 Å². The SMILES string of the molecule is COc1ccc2c(c1)CCC[C@@H]2CNC(=O)[C@@H]1C[C@@H]1c1cccnc1. The summed E-state index contributed by atoms with van der Waals surface area (Å²) in [4.78, 5) is 16.6. The lowest BCUT2D eigenvalue weighted by Crippen LogP contribution is -2.31. The van der Waals surface area contributed by atoms with E-state index >= 15 is 0 Å². The largest absolute Gasteiger partial charge is 0.497 e. The highest BCUT2D eigenvalue weighted by molar-refractivity contribution is 5.82. The van der Waals surface area contributed by atoms with Crippen LogP contribution in [-0.4, -0.2) is 24.5 Å². The van der Waals surface area contributed by atoms with Crippen LogP contribution in [0.4, 0.5) is 0 Å². The Balaban J connectivity index is 1.36. The first-order valence-electron chi connectivity index (χ1n) is 9.10. The molecule has 4 nitrogen and oxygen atoms in total. The monoisotopic (exact) mass is 336 g/mol. The molecule has 1 aromatic carbocycles. The number of benzene rings is 1. The lowest BCUT2D eigenvalue weighted by Gasteiger charge is -2.26. The van der Waals surface area contributed by atoms with Gasteiger partial charge in [-0.3, -0.25) is 9.78 Å². The Morgan fingerprint density at radius 2 is 2.28 bits per heavy atom. The van der Waals surface area contributed by atoms with Gasteiger partial charge in [0, 0.05) is 30.8 Å². The van der Waals surface area contributed by atoms with Crippen molar-refractivity contribution in [2.45, 2.75) is 37.5 Å². The summed E-state index contributed by atoms with van der Waals surface area (Å²) in [7, 11) is 1.70. The van der Waals surface area contributed by atoms with Crippen LogP contribution < -0.4 is 10.1 Å². The number of hydrogen-bond donors (Lipinski definition) is 1. The normalized spacial score (nSPS) is 24.3. The van der Waals surface area contributed by atoms with Gasteiger partial charge in [0.1, 0.15) is 5.75 Å². The number of amides is 1. The van der Waals surface area contributed by atoms with Crippen LogP contribution in [0.5, 0.6) is 5.75 Å². The van der Waals surface area contributed by atoms with Gasteiger partial charge in [0.05, 0.1) is 7.11 Å². The van der Waals surface area contributed by atoms with Gasteiger partial charge in [0.25, 0.3) is 0 Å². The van der Waals surface area contributed by atoms with E-state index in [9.17, 15) is 4.79 Å². The molecule has 0 spiro atoms. The van der Waals surface area contributed by atoms with Gasteiger partial charge in [0.2, 0.25) is 5.91 Å². The fourth-order valence-corrected chi connectivity index (χ4v) is 4.03. The summed E-state index contributed by atoms with van der Waals surface area (Å²) in [5.41, 5.74) is 3.91. The summed E-state index contributed by atoms with van der Waals surface area (Å²) in [6, 6.07) is 10.3. The van der Waals surface area contributed by atoms with E-state index in [2.05, 4.69) is 28.5 Å². The molecular formula is C21H24N2O2. The van der Waals surface area contributed by atoms with E-state index in [0.29, 0.717) is 11.8 Å². The molecule has 1 N–H and O–H groups in total. The lowest BCUT2D eigenvalue weighted by molar-refractivity contribution is -0.122. The van der Waals surface area contributed by atoms with Gasteiger partial charge in [-0.2, -0.15) is 0 Å². The fourth-order valence-electron chi connectivity index (χ4n) is 4.03. The van der Waals surface area contributed by atoms with E-state index in [1.54, 1.807) is 13.3 Å². The van der Waals surface area contributed by atoms with Gasteiger partial charge in [-0.25, -0.2) is 0 Å². The Kier molecular flexibility index (Phi) is 4.43. The smallest absolute Gasteiger partial charge is 0.223 e. The molecule has 0 radical (unpaired) electrons. The summed E-state index contributed by atoms with van der Waals surface area (Å²) < 4.78 is 5.33. The summed E-state index contributed by atoms with van der Waals surface area (Å²) in [6.07, 6.45) is 8.00. The standard InChI is InChI=1S/C21H24N2O2/c1-25-17-7-8-18-14(10-17)4-2-5-16(18)13-23-21(24)20-11-19(20)15-6-3-9-22-12-15/h3,6-10,12,16,19-20H,2,4-5,11,13H2,1H3,(H,23,24)/t16-,19-,20-/m1/s1. The molecule has 4 rings (SSSR count). The lowest BCUT2D eigenvalue weighted by atomic mass is 9.82. The number of pyridine rings is 1. The minimum absolute atomic E-state index is 0.114. The predicted molar refractivity (Wildman–Crippen MR) is 96.8 cm³/mol. The number of nitrogens with one attached hydrogen (secondary N) is 1. The number of rotatable bonds is 5. The molecule has 2 aromatic rings. The second-order valence-electron chi connectivity index (χ2n) is 7.13. The van der Waals surface area contributed by atoms with Gasteiger partial charge in [-0.1, -0.05) is 12.1 Å². The third kappa shape index (κ3) is 3.39. The van der Waals surface area contributed by atoms with Crippen LogP contribution in [0.2, 0.25) is 0 Å². The molecule has 1 saturated carbocycles. The Morgan fingerprint density at radius 1 is 1.36 bits per heavy atom. The van der Waals surface area contributed by atoms with Crippen molar-refractivity contribution in [3.8, 4) is 5.75 Å². The van der Waals surface area contributed by atoms with Crippen molar-refractivity contribution in [3.63, 3.8) is 0 Å². The third-order valence-electron chi connectivity index (χ3n) is 5.55. The average molecular weight is 336 g/mol. The molecule has 0 saturated heterocycles. The van der Waals surface area contributed by atoms with E-state index in [4.69, 9.17) is 4.74 Å². The van der Waals surface area contributed by atoms with Gasteiger partial charge < -0.3 is 10.1 Å². The maximum Gasteiger partial charge on any atom is 0.223 e. The fraction of sp³-hybridized carbons (Fsp3) is 0.429. The Hall–Kier alpha value is -2.36. The Bertz CT molecular complexity index is 760. The molecule has 25 heavy (non-hydrogen) atoms. The number of carbonyl (C=O) groups is 1. The number of aromatic nitrogens is 1. The van der Waals surface area contributed by atoms with Gasteiger partial charge in [0.15, 0.2) is 0 Å². The average Bonchev–Trinajstić information content (AvgIpc) is 3.47. The number of aryl methyl sites for hydroxylation is 1. The molecular weight excluding hydrogens is 312 g/mol. The molecule has 2 aliphatic rings. The van der Waals surface area contributed by atoms with Crippen LogP contribution >= 0.6 is 0 Å². The highest BCUT2D eigenvalue weighted by Gasteiger charge is 2.44. The Labute approximate surface area is 148 Å². The van der Waals surface area contributed by atoms with Gasteiger partial charge in [-0.15, -0.1) is 0 Å². The number of ether oxygens (including phenoxy) is 1. The first-order chi connectivity index (χ1) is 12.3. The van der Waals surface area contributed by atoms with Crippen molar-refractivity contribution in [1.82, 2.24) is 10.3 Å². The number of fused-ring (bicyclic) bond motifs is 1. The number of carbonyl (C=O) groups excluding carboxylic acids is 1. The van der Waals surface area contributed by atoms with Gasteiger partial charge >= 0.3 is 0 Å². The third-order valence-corrected chi connectivity index (χ3v) is 5.55. The molecule has 1 fully saturated rings. The number of nitrogens with zero attached hydrogens (tertiary/aromatic N) is 1. The highest BCUT2D eigenvalue weighted by Crippen LogP contribution is 2.47. The van der Waals surface area contributed by atoms with Crippen molar-refractivity contribution in [2.75, 3.05) is 13.7 Å². The van der Waals surface area contributed by atoms with Crippen molar-refractivity contribution in [3.05, 3.63) is 59.4 Å². The maximum atomic E-state index is 12.5. The summed E-state index contributed by atoms with van der Waals surface area (Å²) in [6.45, 7) is 0.731. The van der Waals surface area contributed by atoms with Crippen molar-refractivity contribution in [1.29, 1.82) is 0 Å². The van der Waals surface area contributed by atoms with E-state index in [0.717, 1.165) is 31.6 Å². The molecule has 1 aromatic heterocycles. The molecule has 1 amide bonds. The summed E-state index contributed by atoms with van der Waals surface area (Å²) in [5.74, 6) is 1.98. The van der Waals surface area contributed by atoms with E-state index in [1.165, 1.54) is 23.1 Å². The van der Waals surface area contributed by atoms with E-state index < -0.39 is 0 Å². The van der Waals surface area contributed by atoms with Crippen LogP contribution in [0.3, 0.4) is 0 Å². The van der Waals surface area contributed by atoms with E-state index in [-0.39, 0.29) is 11.8 Å². The number of hydrogen-bond acceptors (Lipinski definition) is 3. The van der Waals surface area contributed by atoms with Crippen LogP contribution in [0.1, 0.15) is 47.8 Å². The van der Waals surface area contributed by atoms with Crippen LogP contribution in [0.25, 0.3) is 0 Å². The molecule has 0 unspecified atom stereocenters. The highest BCUT2D eigenvalue weighted by atomic mass is 16.5. The van der Waals surface area contributed by atoms with Crippen LogP contribution in [-0.2, 0) is 11.2 Å². The van der Waals surface area contributed by atoms with E-state index in [1.807, 2.05) is 18.3 Å². The molecule has 2 aliphatic carbocycles. The molecule has 130 valence electrons. The summed E-state index contributed by atoms with van der Waals surface area (Å²) in [5, 5.41) is 3.19. The van der Waals surface area contributed by atoms with Crippen molar-refractivity contribution in [2.24, 2.45) is 5.92 Å². The minimum atomic E-state index is 0.114.